The molecule has 1 aromatic carbocycles. The van der Waals surface area contributed by atoms with Crippen LogP contribution in [0.15, 0.2) is 46.6 Å². The van der Waals surface area contributed by atoms with E-state index in [-0.39, 0.29) is 54.2 Å². The summed E-state index contributed by atoms with van der Waals surface area (Å²) in [6, 6.07) is 3.32. The molecule has 15 nitrogen and oxygen atoms in total. The second-order valence-corrected chi connectivity index (χ2v) is 18.4. The van der Waals surface area contributed by atoms with Crippen molar-refractivity contribution < 1.29 is 28.4 Å². The first-order chi connectivity index (χ1) is 30.8. The molecule has 1 aromatic rings. The number of alkyl halides is 1. The van der Waals surface area contributed by atoms with Crippen LogP contribution in [0.25, 0.3) is 5.57 Å². The summed E-state index contributed by atoms with van der Waals surface area (Å²) in [7, 11) is 1.67. The van der Waals surface area contributed by atoms with E-state index in [0.717, 1.165) is 73.5 Å². The van der Waals surface area contributed by atoms with Gasteiger partial charge in [-0.15, -0.1) is 0 Å². The van der Waals surface area contributed by atoms with Crippen molar-refractivity contribution in [2.45, 2.75) is 96.4 Å². The number of aryl methyl sites for hydroxylation is 1. The van der Waals surface area contributed by atoms with Gasteiger partial charge in [0.1, 0.15) is 17.8 Å². The van der Waals surface area contributed by atoms with Crippen LogP contribution in [0.4, 0.5) is 10.1 Å². The number of allylic oxidation sites excluding steroid dienone is 2. The number of nitrogens with zero attached hydrogens (tertiary/aromatic N) is 6. The topological polar surface area (TPSA) is 188 Å². The van der Waals surface area contributed by atoms with E-state index < -0.39 is 24.0 Å². The highest BCUT2D eigenvalue weighted by atomic mass is 19.1. The molecule has 64 heavy (non-hydrogen) atoms. The summed E-state index contributed by atoms with van der Waals surface area (Å²) in [4.78, 5) is 78.7. The third kappa shape index (κ3) is 10.3. The highest BCUT2D eigenvalue weighted by Gasteiger charge is 2.46. The van der Waals surface area contributed by atoms with Crippen molar-refractivity contribution in [3.05, 3.63) is 58.3 Å². The van der Waals surface area contributed by atoms with E-state index >= 15 is 4.39 Å². The largest absolute Gasteiger partial charge is 0.404 e. The van der Waals surface area contributed by atoms with Crippen molar-refractivity contribution in [1.29, 1.82) is 5.41 Å². The molecule has 0 bridgehead atoms. The molecule has 5 heterocycles. The first-order valence-electron chi connectivity index (χ1n) is 23.3. The number of nitrogens with two attached hydrogens (primary N) is 1. The second-order valence-electron chi connectivity index (χ2n) is 18.4. The summed E-state index contributed by atoms with van der Waals surface area (Å²) >= 11 is 0. The number of carbonyl (C=O) groups is 5. The number of benzene rings is 1. The number of anilines is 1. The molecular weight excluding hydrogens is 816 g/mol. The fraction of sp³-hybridized carbons (Fsp3) is 0.604. The number of likely N-dealkylation sites (tertiary alicyclic amines) is 1. The number of Topliss-reactive ketones (excluding diaryl/α,β-unsaturated/α-hetero) is 2. The third-order valence-electron chi connectivity index (χ3n) is 14.1. The zero-order chi connectivity index (χ0) is 45.7. The van der Waals surface area contributed by atoms with E-state index in [1.54, 1.807) is 19.3 Å². The van der Waals surface area contributed by atoms with Crippen molar-refractivity contribution in [2.24, 2.45) is 22.6 Å². The van der Waals surface area contributed by atoms with Crippen LogP contribution in [0, 0.1) is 17.2 Å². The van der Waals surface area contributed by atoms with Crippen molar-refractivity contribution in [3.63, 3.8) is 0 Å². The van der Waals surface area contributed by atoms with Gasteiger partial charge >= 0.3 is 0 Å². The minimum Gasteiger partial charge on any atom is -0.404 e. The predicted molar refractivity (Wildman–Crippen MR) is 247 cm³/mol. The van der Waals surface area contributed by atoms with E-state index in [4.69, 9.17) is 5.73 Å². The predicted octanol–water partition coefficient (Wildman–Crippen LogP) is 3.19. The van der Waals surface area contributed by atoms with Gasteiger partial charge in [0.05, 0.1) is 12.6 Å². The van der Waals surface area contributed by atoms with Gasteiger partial charge < -0.3 is 35.9 Å². The fourth-order valence-electron chi connectivity index (χ4n) is 10.6. The Bertz CT molecular complexity index is 2100. The number of amidine groups is 1. The number of halogens is 1. The lowest BCUT2D eigenvalue weighted by Gasteiger charge is -2.42. The number of piperidine rings is 2. The summed E-state index contributed by atoms with van der Waals surface area (Å²) in [6.07, 6.45) is 10.7. The van der Waals surface area contributed by atoms with Crippen LogP contribution in [-0.4, -0.2) is 158 Å². The smallest absolute Gasteiger partial charge is 0.261 e. The van der Waals surface area contributed by atoms with Gasteiger partial charge in [-0.2, -0.15) is 0 Å². The molecule has 5 unspecified atom stereocenters. The Morgan fingerprint density at radius 1 is 1.03 bits per heavy atom. The molecule has 3 amide bonds. The van der Waals surface area contributed by atoms with Gasteiger partial charge in [0.15, 0.2) is 5.78 Å². The maximum Gasteiger partial charge on any atom is 0.261 e. The van der Waals surface area contributed by atoms with Gasteiger partial charge in [-0.1, -0.05) is 12.2 Å². The first kappa shape index (κ1) is 47.1. The average molecular weight is 883 g/mol. The van der Waals surface area contributed by atoms with Crippen molar-refractivity contribution >= 4 is 52.6 Å². The highest BCUT2D eigenvalue weighted by Crippen LogP contribution is 2.38. The van der Waals surface area contributed by atoms with E-state index in [2.05, 4.69) is 30.3 Å². The molecule has 3 saturated heterocycles. The second kappa shape index (κ2) is 20.9. The van der Waals surface area contributed by atoms with E-state index in [1.165, 1.54) is 27.0 Å². The lowest BCUT2D eigenvalue weighted by molar-refractivity contribution is -0.145. The SMILES string of the molecule is CN=CC(=CN)c1cc2c(cc1C(C)F)N(C(=N)C1CNCCC1NC1CCN(C(=O)CN3CCN(CC4CC=CC5=C4C(=O)N(C(CCC(C)=O)C(C)=O)C5=O)CC3)CC1)CCC2. The van der Waals surface area contributed by atoms with Crippen molar-refractivity contribution in [1.82, 2.24) is 30.2 Å². The molecule has 1 aliphatic carbocycles. The van der Waals surface area contributed by atoms with Gasteiger partial charge in [-0.05, 0) is 101 Å². The number of nitrogens with one attached hydrogen (secondary N) is 3. The Morgan fingerprint density at radius 2 is 1.77 bits per heavy atom. The minimum absolute atomic E-state index is 0.0671. The molecule has 0 aromatic heterocycles. The molecule has 7 rings (SSSR count). The third-order valence-corrected chi connectivity index (χ3v) is 14.1. The van der Waals surface area contributed by atoms with Gasteiger partial charge in [-0.3, -0.25) is 39.4 Å². The normalized spacial score (nSPS) is 24.9. The number of hydrogen-bond donors (Lipinski definition) is 4. The van der Waals surface area contributed by atoms with Crippen LogP contribution in [0.3, 0.4) is 0 Å². The van der Waals surface area contributed by atoms with Gasteiger partial charge in [-0.25, -0.2) is 4.39 Å². The summed E-state index contributed by atoms with van der Waals surface area (Å²) < 4.78 is 15.1. The number of imide groups is 1. The maximum atomic E-state index is 15.1. The summed E-state index contributed by atoms with van der Waals surface area (Å²) in [5.41, 5.74) is 10.7. The number of carbonyl (C=O) groups excluding carboxylic acids is 5. The van der Waals surface area contributed by atoms with Gasteiger partial charge in [0.25, 0.3) is 11.8 Å². The Kier molecular flexibility index (Phi) is 15.4. The minimum atomic E-state index is -1.22. The average Bonchev–Trinajstić information content (AvgIpc) is 3.54. The zero-order valence-electron chi connectivity index (χ0n) is 38.0. The van der Waals surface area contributed by atoms with Crippen LogP contribution in [-0.2, 0) is 30.4 Å². The maximum absolute atomic E-state index is 15.1. The molecule has 5 atom stereocenters. The highest BCUT2D eigenvalue weighted by molar-refractivity contribution is 6.22. The summed E-state index contributed by atoms with van der Waals surface area (Å²) in [6.45, 7) is 11.8. The van der Waals surface area contributed by atoms with Crippen LogP contribution < -0.4 is 21.3 Å². The quantitative estimate of drug-likeness (QED) is 0.115. The molecule has 5 aliphatic heterocycles. The van der Waals surface area contributed by atoms with Gasteiger partial charge in [0, 0.05) is 131 Å². The lowest BCUT2D eigenvalue weighted by atomic mass is 9.87. The molecule has 0 spiro atoms. The molecule has 6 aliphatic rings. The number of fused-ring (bicyclic) bond motifs is 1. The number of piperazine rings is 1. The van der Waals surface area contributed by atoms with E-state index in [9.17, 15) is 29.4 Å². The van der Waals surface area contributed by atoms with Crippen molar-refractivity contribution in [3.8, 4) is 0 Å². The Balaban J connectivity index is 0.887. The molecule has 0 saturated carbocycles. The molecule has 16 heteroatoms. The summed E-state index contributed by atoms with van der Waals surface area (Å²) in [5, 5.41) is 17.0. The molecule has 3 fully saturated rings. The molecular formula is C48H67FN10O5. The summed E-state index contributed by atoms with van der Waals surface area (Å²) in [5.74, 6) is -0.855. The number of rotatable bonds is 15. The van der Waals surface area contributed by atoms with Crippen LogP contribution in [0.5, 0.6) is 0 Å². The van der Waals surface area contributed by atoms with E-state index in [1.807, 2.05) is 23.1 Å². The van der Waals surface area contributed by atoms with Gasteiger partial charge in [0.2, 0.25) is 5.91 Å². The van der Waals surface area contributed by atoms with E-state index in [0.29, 0.717) is 86.9 Å². The van der Waals surface area contributed by atoms with Crippen LogP contribution >= 0.6 is 0 Å². The standard InChI is InChI=1S/C48H67FN10O5/c1-30(60)10-11-42(32(3)61)59-47(63)37-9-5-7-34(45(37)48(59)64)28-55-19-21-56(22-20-55)29-44(62)57-17-13-36(14-18-57)54-41-12-15-53-27-40(41)46(51)58-16-6-8-33-23-39(35(25-50)26-52-4)38(31(2)49)24-43(33)58/h5,9,23-26,31,34,36,40-42,51,53-54H,6-8,10-22,27-29,50H2,1-4H3. The fourth-order valence-corrected chi connectivity index (χ4v) is 10.6. The Hall–Kier alpha value is -4.90. The monoisotopic (exact) mass is 883 g/mol. The van der Waals surface area contributed by atoms with Crippen LogP contribution in [0.1, 0.15) is 88.6 Å². The number of hydrogen-bond acceptors (Lipinski definition) is 12. The number of ketones is 2. The molecule has 346 valence electrons. The number of aliphatic imine (C=N–C) groups is 1. The first-order valence-corrected chi connectivity index (χ1v) is 23.3. The Labute approximate surface area is 376 Å². The molecule has 5 N–H and O–H groups in total. The lowest BCUT2D eigenvalue weighted by Crippen LogP contribution is -2.58. The number of amides is 3. The Morgan fingerprint density at radius 3 is 2.44 bits per heavy atom. The molecule has 0 radical (unpaired) electrons. The zero-order valence-corrected chi connectivity index (χ0v) is 38.0. The van der Waals surface area contributed by atoms with Crippen molar-refractivity contribution in [2.75, 3.05) is 83.9 Å². The van der Waals surface area contributed by atoms with Crippen LogP contribution in [0.2, 0.25) is 0 Å².